The average Bonchev–Trinajstić information content (AvgIpc) is 2.37. The largest absolute Gasteiger partial charge is 0.489 e. The summed E-state index contributed by atoms with van der Waals surface area (Å²) >= 11 is 5.55. The number of ether oxygens (including phenoxy) is 1. The molecular formula is C11H16ClN3O5. The molecule has 112 valence electrons. The Bertz CT molecular complexity index is 471. The molecular weight excluding hydrogens is 290 g/mol. The minimum Gasteiger partial charge on any atom is -0.489 e. The molecule has 1 saturated heterocycles. The molecule has 0 aromatic rings. The van der Waals surface area contributed by atoms with Gasteiger partial charge in [0.05, 0.1) is 25.4 Å². The van der Waals surface area contributed by atoms with Crippen molar-refractivity contribution in [2.75, 3.05) is 32.6 Å². The molecule has 0 aromatic heterocycles. The quantitative estimate of drug-likeness (QED) is 0.425. The molecule has 0 spiro atoms. The van der Waals surface area contributed by atoms with Gasteiger partial charge >= 0.3 is 0 Å². The molecule has 8 nitrogen and oxygen atoms in total. The Morgan fingerprint density at radius 2 is 2.10 bits per heavy atom. The van der Waals surface area contributed by atoms with Crippen LogP contribution in [-0.4, -0.2) is 58.4 Å². The lowest BCUT2D eigenvalue weighted by Gasteiger charge is -2.44. The van der Waals surface area contributed by atoms with E-state index in [-0.39, 0.29) is 44.2 Å². The molecule has 2 atom stereocenters. The molecule has 0 unspecified atom stereocenters. The molecule has 1 heterocycles. The summed E-state index contributed by atoms with van der Waals surface area (Å²) in [7, 11) is 1.65. The van der Waals surface area contributed by atoms with Crippen LogP contribution in [0, 0.1) is 20.2 Å². The van der Waals surface area contributed by atoms with Crippen molar-refractivity contribution in [1.29, 1.82) is 0 Å². The van der Waals surface area contributed by atoms with Crippen LogP contribution in [0.25, 0.3) is 0 Å². The first kappa shape index (κ1) is 15.0. The van der Waals surface area contributed by atoms with Gasteiger partial charge in [-0.15, -0.1) is 11.6 Å². The number of alkyl halides is 1. The van der Waals surface area contributed by atoms with Crippen LogP contribution < -0.4 is 0 Å². The molecule has 1 aliphatic heterocycles. The van der Waals surface area contributed by atoms with Crippen molar-refractivity contribution >= 4 is 11.6 Å². The highest BCUT2D eigenvalue weighted by Crippen LogP contribution is 2.44. The minimum atomic E-state index is -1.55. The normalized spacial score (nSPS) is 33.4. The fourth-order valence-electron chi connectivity index (χ4n) is 3.19. The molecule has 1 aliphatic carbocycles. The Labute approximate surface area is 120 Å². The second-order valence-corrected chi connectivity index (χ2v) is 5.81. The van der Waals surface area contributed by atoms with Gasteiger partial charge in [0.15, 0.2) is 5.76 Å². The number of hydrogen-bond donors (Lipinski definition) is 0. The van der Waals surface area contributed by atoms with Gasteiger partial charge < -0.3 is 4.74 Å². The van der Waals surface area contributed by atoms with Crippen molar-refractivity contribution in [1.82, 2.24) is 4.90 Å². The third-order valence-electron chi connectivity index (χ3n) is 3.91. The summed E-state index contributed by atoms with van der Waals surface area (Å²) in [5.74, 6) is 0.411. The van der Waals surface area contributed by atoms with E-state index in [0.29, 0.717) is 0 Å². The Morgan fingerprint density at radius 1 is 1.40 bits per heavy atom. The maximum atomic E-state index is 11.6. The van der Waals surface area contributed by atoms with E-state index >= 15 is 0 Å². The molecule has 9 heteroatoms. The van der Waals surface area contributed by atoms with Crippen LogP contribution in [-0.2, 0) is 4.74 Å². The van der Waals surface area contributed by atoms with Gasteiger partial charge in [0.1, 0.15) is 6.61 Å². The summed E-state index contributed by atoms with van der Waals surface area (Å²) in [6, 6.07) is 0. The van der Waals surface area contributed by atoms with Gasteiger partial charge in [-0.05, 0) is 13.1 Å². The molecule has 1 fully saturated rings. The van der Waals surface area contributed by atoms with Crippen LogP contribution in [0.15, 0.2) is 11.8 Å². The molecule has 0 N–H and O–H groups in total. The lowest BCUT2D eigenvalue weighted by Crippen LogP contribution is -2.66. The standard InChI is InChI=1S/C11H16ClN3O5/c1-13-7-10(14(16)17)3-2-9(20-5-4-12)11(6-10,8-13)15(18)19/h2H,3-8H2,1H3/t10-,11-/m1/s1. The lowest BCUT2D eigenvalue weighted by atomic mass is 9.71. The zero-order valence-corrected chi connectivity index (χ0v) is 11.8. The summed E-state index contributed by atoms with van der Waals surface area (Å²) in [6.07, 6.45) is 1.49. The fourth-order valence-corrected chi connectivity index (χ4v) is 3.26. The third kappa shape index (κ3) is 2.22. The number of nitro groups is 2. The topological polar surface area (TPSA) is 98.8 Å². The number of nitrogens with zero attached hydrogens (tertiary/aromatic N) is 3. The van der Waals surface area contributed by atoms with Crippen LogP contribution >= 0.6 is 11.6 Å². The third-order valence-corrected chi connectivity index (χ3v) is 4.07. The van der Waals surface area contributed by atoms with E-state index in [0.717, 1.165) is 0 Å². The second kappa shape index (κ2) is 5.17. The van der Waals surface area contributed by atoms with Crippen LogP contribution in [0.3, 0.4) is 0 Å². The van der Waals surface area contributed by atoms with Gasteiger partial charge in [-0.1, -0.05) is 0 Å². The Kier molecular flexibility index (Phi) is 3.88. The maximum absolute atomic E-state index is 11.6. The first-order valence-corrected chi connectivity index (χ1v) is 6.77. The van der Waals surface area contributed by atoms with Crippen molar-refractivity contribution in [3.05, 3.63) is 32.1 Å². The summed E-state index contributed by atoms with van der Waals surface area (Å²) in [6.45, 7) is 0.455. The number of hydrogen-bond acceptors (Lipinski definition) is 6. The number of likely N-dealkylation sites (N-methyl/N-ethyl adjacent to an activating group) is 1. The molecule has 2 rings (SSSR count). The highest BCUT2D eigenvalue weighted by Gasteiger charge is 2.66. The van der Waals surface area contributed by atoms with Crippen LogP contribution in [0.5, 0.6) is 0 Å². The number of rotatable bonds is 5. The Balaban J connectivity index is 2.44. The first-order valence-electron chi connectivity index (χ1n) is 6.23. The number of fused-ring (bicyclic) bond motifs is 2. The van der Waals surface area contributed by atoms with Crippen LogP contribution in [0.4, 0.5) is 0 Å². The highest BCUT2D eigenvalue weighted by molar-refractivity contribution is 6.17. The van der Waals surface area contributed by atoms with Gasteiger partial charge in [-0.3, -0.25) is 25.1 Å². The summed E-state index contributed by atoms with van der Waals surface area (Å²) in [5, 5.41) is 23.0. The average molecular weight is 306 g/mol. The number of likely N-dealkylation sites (tertiary alicyclic amines) is 1. The SMILES string of the molecule is CN1C[C@@]2([N+](=O)[O-])CC=C(OCCCl)[C@]([N+](=O)[O-])(C1)C2. The molecule has 0 amide bonds. The van der Waals surface area contributed by atoms with Crippen molar-refractivity contribution in [2.24, 2.45) is 0 Å². The zero-order valence-electron chi connectivity index (χ0n) is 11.1. The molecule has 0 radical (unpaired) electrons. The van der Waals surface area contributed by atoms with Gasteiger partial charge in [-0.2, -0.15) is 0 Å². The van der Waals surface area contributed by atoms with E-state index in [4.69, 9.17) is 16.3 Å². The summed E-state index contributed by atoms with van der Waals surface area (Å²) in [5.41, 5.74) is -2.86. The molecule has 2 bridgehead atoms. The zero-order chi connectivity index (χ0) is 15.0. The summed E-state index contributed by atoms with van der Waals surface area (Å²) < 4.78 is 5.39. The lowest BCUT2D eigenvalue weighted by molar-refractivity contribution is -0.623. The second-order valence-electron chi connectivity index (χ2n) is 5.43. The fraction of sp³-hybridized carbons (Fsp3) is 0.818. The van der Waals surface area contributed by atoms with Crippen LogP contribution in [0.1, 0.15) is 12.8 Å². The maximum Gasteiger partial charge on any atom is 0.296 e. The van der Waals surface area contributed by atoms with E-state index in [1.807, 2.05) is 0 Å². The van der Waals surface area contributed by atoms with E-state index in [1.54, 1.807) is 11.9 Å². The van der Waals surface area contributed by atoms with Gasteiger partial charge in [0, 0.05) is 16.3 Å². The minimum absolute atomic E-state index is 0.101. The Morgan fingerprint density at radius 3 is 2.65 bits per heavy atom. The van der Waals surface area contributed by atoms with Gasteiger partial charge in [0.25, 0.3) is 5.54 Å². The summed E-state index contributed by atoms with van der Waals surface area (Å²) in [4.78, 5) is 23.7. The van der Waals surface area contributed by atoms with Crippen molar-refractivity contribution in [2.45, 2.75) is 23.9 Å². The monoisotopic (exact) mass is 305 g/mol. The van der Waals surface area contributed by atoms with E-state index in [9.17, 15) is 20.2 Å². The number of halogens is 1. The molecule has 0 saturated carbocycles. The van der Waals surface area contributed by atoms with Crippen molar-refractivity contribution in [3.8, 4) is 0 Å². The molecule has 2 aliphatic rings. The predicted octanol–water partition coefficient (Wildman–Crippen LogP) is 0.896. The highest BCUT2D eigenvalue weighted by atomic mass is 35.5. The van der Waals surface area contributed by atoms with Crippen LogP contribution in [0.2, 0.25) is 0 Å². The van der Waals surface area contributed by atoms with Gasteiger partial charge in [0.2, 0.25) is 5.54 Å². The van der Waals surface area contributed by atoms with E-state index < -0.39 is 20.9 Å². The Hall–Kier alpha value is -1.41. The van der Waals surface area contributed by atoms with Gasteiger partial charge in [-0.25, -0.2) is 0 Å². The van der Waals surface area contributed by atoms with E-state index in [2.05, 4.69) is 0 Å². The van der Waals surface area contributed by atoms with Crippen molar-refractivity contribution < 1.29 is 14.6 Å². The van der Waals surface area contributed by atoms with E-state index in [1.165, 1.54) is 6.08 Å². The number of piperidine rings is 1. The smallest absolute Gasteiger partial charge is 0.296 e. The molecule has 20 heavy (non-hydrogen) atoms. The van der Waals surface area contributed by atoms with Crippen molar-refractivity contribution in [3.63, 3.8) is 0 Å². The molecule has 0 aromatic carbocycles. The first-order chi connectivity index (χ1) is 9.36. The predicted molar refractivity (Wildman–Crippen MR) is 70.9 cm³/mol.